The molecule has 0 aliphatic carbocycles. The third-order valence-electron chi connectivity index (χ3n) is 3.81. The molecule has 0 radical (unpaired) electrons. The van der Waals surface area contributed by atoms with E-state index in [4.69, 9.17) is 9.84 Å². The predicted molar refractivity (Wildman–Crippen MR) is 69.0 cm³/mol. The second-order valence-corrected chi connectivity index (χ2v) is 4.67. The number of carboxylic acids is 1. The molecule has 5 heteroatoms. The van der Waals surface area contributed by atoms with Gasteiger partial charge in [0.25, 0.3) is 0 Å². The molecule has 2 N–H and O–H groups in total. The largest absolute Gasteiger partial charge is 0.478 e. The number of hydrogen-bond acceptors (Lipinski definition) is 3. The molecule has 1 fully saturated rings. The van der Waals surface area contributed by atoms with Gasteiger partial charge in [-0.1, -0.05) is 19.9 Å². The standard InChI is InChI=1S/C14H17NO4/c1-3-14(4-2)12(18)15-13(14)19-10-7-5-6-9(8-10)11(16)17/h5-8,13H,3-4H2,1-2H3,(H,15,18)(H,16,17). The van der Waals surface area contributed by atoms with Crippen LogP contribution in [0.1, 0.15) is 37.0 Å². The topological polar surface area (TPSA) is 75.6 Å². The SMILES string of the molecule is CCC1(CC)C(=O)NC1Oc1cccc(C(=O)O)c1. The maximum absolute atomic E-state index is 11.7. The quantitative estimate of drug-likeness (QED) is 0.797. The number of benzene rings is 1. The lowest BCUT2D eigenvalue weighted by Crippen LogP contribution is -2.69. The van der Waals surface area contributed by atoms with E-state index in [1.807, 2.05) is 13.8 Å². The first-order chi connectivity index (χ1) is 9.03. The molecule has 0 aromatic heterocycles. The Balaban J connectivity index is 2.16. The Morgan fingerprint density at radius 2 is 2.11 bits per heavy atom. The van der Waals surface area contributed by atoms with Gasteiger partial charge in [0.15, 0.2) is 6.23 Å². The van der Waals surface area contributed by atoms with Crippen LogP contribution < -0.4 is 10.1 Å². The molecule has 1 aromatic carbocycles. The molecule has 1 atom stereocenters. The van der Waals surface area contributed by atoms with Crippen LogP contribution in [0, 0.1) is 5.41 Å². The molecule has 1 aromatic rings. The first kappa shape index (κ1) is 13.4. The molecular formula is C14H17NO4. The molecule has 1 heterocycles. The number of rotatable bonds is 5. The van der Waals surface area contributed by atoms with Gasteiger partial charge in [-0.15, -0.1) is 0 Å². The highest BCUT2D eigenvalue weighted by atomic mass is 16.5. The number of nitrogens with one attached hydrogen (secondary N) is 1. The zero-order valence-electron chi connectivity index (χ0n) is 11.0. The van der Waals surface area contributed by atoms with Crippen LogP contribution in [-0.4, -0.2) is 23.2 Å². The Morgan fingerprint density at radius 3 is 2.63 bits per heavy atom. The van der Waals surface area contributed by atoms with Crippen molar-refractivity contribution in [2.45, 2.75) is 32.9 Å². The summed E-state index contributed by atoms with van der Waals surface area (Å²) in [6, 6.07) is 6.27. The Morgan fingerprint density at radius 1 is 1.42 bits per heavy atom. The highest BCUT2D eigenvalue weighted by Crippen LogP contribution is 2.39. The van der Waals surface area contributed by atoms with Crippen molar-refractivity contribution in [3.8, 4) is 5.75 Å². The predicted octanol–water partition coefficient (Wildman–Crippen LogP) is 2.03. The van der Waals surface area contributed by atoms with Crippen LogP contribution in [0.15, 0.2) is 24.3 Å². The molecule has 1 amide bonds. The number of hydrogen-bond donors (Lipinski definition) is 2. The summed E-state index contributed by atoms with van der Waals surface area (Å²) in [7, 11) is 0. The number of carbonyl (C=O) groups is 2. The molecule has 0 bridgehead atoms. The third kappa shape index (κ3) is 2.16. The minimum atomic E-state index is -1.000. The van der Waals surface area contributed by atoms with Crippen LogP contribution in [0.5, 0.6) is 5.75 Å². The van der Waals surface area contributed by atoms with Crippen LogP contribution in [0.4, 0.5) is 0 Å². The molecule has 0 spiro atoms. The van der Waals surface area contributed by atoms with E-state index in [1.54, 1.807) is 12.1 Å². The van der Waals surface area contributed by atoms with Crippen molar-refractivity contribution in [1.29, 1.82) is 0 Å². The number of aromatic carboxylic acids is 1. The monoisotopic (exact) mass is 263 g/mol. The van der Waals surface area contributed by atoms with Gasteiger partial charge in [0.05, 0.1) is 5.56 Å². The van der Waals surface area contributed by atoms with E-state index in [0.717, 1.165) is 0 Å². The summed E-state index contributed by atoms with van der Waals surface area (Å²) >= 11 is 0. The van der Waals surface area contributed by atoms with Crippen molar-refractivity contribution >= 4 is 11.9 Å². The second-order valence-electron chi connectivity index (χ2n) is 4.67. The maximum Gasteiger partial charge on any atom is 0.335 e. The van der Waals surface area contributed by atoms with Gasteiger partial charge in [-0.3, -0.25) is 4.79 Å². The Kier molecular flexibility index (Phi) is 3.46. The van der Waals surface area contributed by atoms with Gasteiger partial charge in [-0.25, -0.2) is 4.79 Å². The highest BCUT2D eigenvalue weighted by molar-refractivity contribution is 5.90. The first-order valence-corrected chi connectivity index (χ1v) is 6.34. The van der Waals surface area contributed by atoms with Crippen molar-refractivity contribution < 1.29 is 19.4 Å². The van der Waals surface area contributed by atoms with E-state index in [0.29, 0.717) is 18.6 Å². The van der Waals surface area contributed by atoms with E-state index in [9.17, 15) is 9.59 Å². The average Bonchev–Trinajstić information content (AvgIpc) is 2.40. The lowest BCUT2D eigenvalue weighted by atomic mass is 9.73. The summed E-state index contributed by atoms with van der Waals surface area (Å²) in [6.45, 7) is 3.90. The molecule has 2 rings (SSSR count). The van der Waals surface area contributed by atoms with Gasteiger partial charge in [0.1, 0.15) is 11.2 Å². The van der Waals surface area contributed by atoms with Crippen LogP contribution in [0.3, 0.4) is 0 Å². The van der Waals surface area contributed by atoms with Crippen molar-refractivity contribution in [2.75, 3.05) is 0 Å². The Bertz CT molecular complexity index is 508. The fraction of sp³-hybridized carbons (Fsp3) is 0.429. The van der Waals surface area contributed by atoms with Crippen LogP contribution in [-0.2, 0) is 4.79 Å². The number of carbonyl (C=O) groups excluding carboxylic acids is 1. The minimum absolute atomic E-state index is 0.00288. The molecule has 1 aliphatic rings. The van der Waals surface area contributed by atoms with Gasteiger partial charge in [0, 0.05) is 0 Å². The van der Waals surface area contributed by atoms with E-state index in [2.05, 4.69) is 5.32 Å². The molecule has 0 saturated carbocycles. The molecular weight excluding hydrogens is 246 g/mol. The van der Waals surface area contributed by atoms with Gasteiger partial charge in [0.2, 0.25) is 5.91 Å². The first-order valence-electron chi connectivity index (χ1n) is 6.34. The molecule has 102 valence electrons. The summed E-state index contributed by atoms with van der Waals surface area (Å²) in [4.78, 5) is 22.6. The normalized spacial score (nSPS) is 20.3. The molecule has 19 heavy (non-hydrogen) atoms. The summed E-state index contributed by atoms with van der Waals surface area (Å²) in [5, 5.41) is 11.7. The number of β-lactam (4-membered cyclic amide) rings is 1. The van der Waals surface area contributed by atoms with Crippen LogP contribution in [0.25, 0.3) is 0 Å². The lowest BCUT2D eigenvalue weighted by Gasteiger charge is -2.47. The summed E-state index contributed by atoms with van der Waals surface area (Å²) in [6.07, 6.45) is 0.996. The van der Waals surface area contributed by atoms with E-state index in [-0.39, 0.29) is 17.7 Å². The highest BCUT2D eigenvalue weighted by Gasteiger charge is 2.54. The maximum atomic E-state index is 11.7. The number of ether oxygens (including phenoxy) is 1. The van der Waals surface area contributed by atoms with Gasteiger partial charge >= 0.3 is 5.97 Å². The summed E-state index contributed by atoms with van der Waals surface area (Å²) in [5.41, 5.74) is -0.332. The zero-order valence-corrected chi connectivity index (χ0v) is 11.0. The average molecular weight is 263 g/mol. The van der Waals surface area contributed by atoms with Gasteiger partial charge < -0.3 is 15.2 Å². The molecule has 5 nitrogen and oxygen atoms in total. The van der Waals surface area contributed by atoms with Gasteiger partial charge in [-0.05, 0) is 31.0 Å². The fourth-order valence-corrected chi connectivity index (χ4v) is 2.36. The zero-order chi connectivity index (χ0) is 14.0. The third-order valence-corrected chi connectivity index (χ3v) is 3.81. The van der Waals surface area contributed by atoms with Crippen LogP contribution >= 0.6 is 0 Å². The molecule has 1 unspecified atom stereocenters. The van der Waals surface area contributed by atoms with Crippen molar-refractivity contribution in [3.63, 3.8) is 0 Å². The minimum Gasteiger partial charge on any atom is -0.478 e. The second kappa shape index (κ2) is 4.91. The van der Waals surface area contributed by atoms with E-state index >= 15 is 0 Å². The van der Waals surface area contributed by atoms with Gasteiger partial charge in [-0.2, -0.15) is 0 Å². The van der Waals surface area contributed by atoms with Crippen molar-refractivity contribution in [1.82, 2.24) is 5.32 Å². The van der Waals surface area contributed by atoms with E-state index in [1.165, 1.54) is 12.1 Å². The molecule has 1 aliphatic heterocycles. The molecule has 1 saturated heterocycles. The van der Waals surface area contributed by atoms with Crippen molar-refractivity contribution in [2.24, 2.45) is 5.41 Å². The Hall–Kier alpha value is -2.04. The smallest absolute Gasteiger partial charge is 0.335 e. The number of carboxylic acid groups (broad SMARTS) is 1. The summed E-state index contributed by atoms with van der Waals surface area (Å²) in [5.74, 6) is -0.548. The van der Waals surface area contributed by atoms with Crippen molar-refractivity contribution in [3.05, 3.63) is 29.8 Å². The van der Waals surface area contributed by atoms with Crippen LogP contribution in [0.2, 0.25) is 0 Å². The lowest BCUT2D eigenvalue weighted by molar-refractivity contribution is -0.161. The summed E-state index contributed by atoms with van der Waals surface area (Å²) < 4.78 is 5.71. The van der Waals surface area contributed by atoms with E-state index < -0.39 is 11.4 Å². The Labute approximate surface area is 111 Å². The fourth-order valence-electron chi connectivity index (χ4n) is 2.36. The number of amides is 1.